The molecule has 0 fully saturated rings. The zero-order valence-corrected chi connectivity index (χ0v) is 7.24. The lowest BCUT2D eigenvalue weighted by molar-refractivity contribution is 1.17. The number of anilines is 2. The van der Waals surface area contributed by atoms with Gasteiger partial charge in [-0.2, -0.15) is 9.97 Å². The Labute approximate surface area is 73.7 Å². The third-order valence-electron chi connectivity index (χ3n) is 1.09. The number of nitrogen functional groups attached to an aromatic ring is 1. The number of nitrogens with two attached hydrogens (primary N) is 1. The predicted molar refractivity (Wildman–Crippen MR) is 46.0 cm³/mol. The molecule has 0 aliphatic carbocycles. The van der Waals surface area contributed by atoms with E-state index in [-0.39, 0.29) is 16.1 Å². The van der Waals surface area contributed by atoms with E-state index in [1.165, 1.54) is 0 Å². The third kappa shape index (κ3) is 1.64. The molecule has 0 aliphatic rings. The van der Waals surface area contributed by atoms with Crippen molar-refractivity contribution in [2.75, 3.05) is 18.1 Å². The SMILES string of the molecule is CNc1nc(Cl)nc(N)c1Cl. The first-order valence-electron chi connectivity index (χ1n) is 2.81. The minimum atomic E-state index is 0.0799. The van der Waals surface area contributed by atoms with Crippen LogP contribution in [0, 0.1) is 0 Å². The van der Waals surface area contributed by atoms with Crippen LogP contribution in [0.3, 0.4) is 0 Å². The number of hydrogen-bond donors (Lipinski definition) is 2. The maximum atomic E-state index is 5.69. The van der Waals surface area contributed by atoms with E-state index in [1.54, 1.807) is 7.05 Å². The average Bonchev–Trinajstić information content (AvgIpc) is 1.96. The Morgan fingerprint density at radius 2 is 2.00 bits per heavy atom. The van der Waals surface area contributed by atoms with Gasteiger partial charge in [0.2, 0.25) is 5.28 Å². The van der Waals surface area contributed by atoms with E-state index in [1.807, 2.05) is 0 Å². The Kier molecular flexibility index (Phi) is 2.36. The second kappa shape index (κ2) is 3.11. The molecular weight excluding hydrogens is 187 g/mol. The zero-order chi connectivity index (χ0) is 8.43. The number of rotatable bonds is 1. The number of aromatic nitrogens is 2. The van der Waals surface area contributed by atoms with Crippen molar-refractivity contribution < 1.29 is 0 Å². The predicted octanol–water partition coefficient (Wildman–Crippen LogP) is 1.41. The standard InChI is InChI=1S/C5H6Cl2N4/c1-9-4-2(6)3(8)10-5(7)11-4/h1H3,(H3,8,9,10,11). The molecule has 0 bridgehead atoms. The molecule has 1 aromatic heterocycles. The Morgan fingerprint density at radius 1 is 1.36 bits per heavy atom. The van der Waals surface area contributed by atoms with Gasteiger partial charge in [-0.25, -0.2) is 0 Å². The highest BCUT2D eigenvalue weighted by molar-refractivity contribution is 6.35. The van der Waals surface area contributed by atoms with E-state index in [4.69, 9.17) is 28.9 Å². The van der Waals surface area contributed by atoms with Gasteiger partial charge in [-0.1, -0.05) is 11.6 Å². The summed E-state index contributed by atoms with van der Waals surface area (Å²) < 4.78 is 0. The average molecular weight is 193 g/mol. The van der Waals surface area contributed by atoms with Crippen LogP contribution in [0.5, 0.6) is 0 Å². The van der Waals surface area contributed by atoms with Gasteiger partial charge >= 0.3 is 0 Å². The minimum absolute atomic E-state index is 0.0799. The molecule has 0 aliphatic heterocycles. The van der Waals surface area contributed by atoms with Gasteiger partial charge in [-0.3, -0.25) is 0 Å². The van der Waals surface area contributed by atoms with Crippen molar-refractivity contribution in [3.8, 4) is 0 Å². The number of nitrogens with zero attached hydrogens (tertiary/aromatic N) is 2. The lowest BCUT2D eigenvalue weighted by atomic mass is 10.5. The van der Waals surface area contributed by atoms with E-state index in [0.717, 1.165) is 0 Å². The molecule has 0 saturated carbocycles. The van der Waals surface area contributed by atoms with Crippen LogP contribution in [0.25, 0.3) is 0 Å². The molecule has 1 aromatic rings. The summed E-state index contributed by atoms with van der Waals surface area (Å²) in [6.45, 7) is 0. The normalized spacial score (nSPS) is 9.73. The fourth-order valence-electron chi connectivity index (χ4n) is 0.602. The first-order valence-corrected chi connectivity index (χ1v) is 3.57. The van der Waals surface area contributed by atoms with Gasteiger partial charge in [-0.05, 0) is 11.6 Å². The van der Waals surface area contributed by atoms with Crippen LogP contribution < -0.4 is 11.1 Å². The number of halogens is 2. The highest BCUT2D eigenvalue weighted by atomic mass is 35.5. The van der Waals surface area contributed by atoms with Crippen molar-refractivity contribution in [3.05, 3.63) is 10.3 Å². The molecule has 1 rings (SSSR count). The molecule has 11 heavy (non-hydrogen) atoms. The van der Waals surface area contributed by atoms with Crippen molar-refractivity contribution in [2.24, 2.45) is 0 Å². The van der Waals surface area contributed by atoms with E-state index in [9.17, 15) is 0 Å². The van der Waals surface area contributed by atoms with Crippen LogP contribution in [-0.4, -0.2) is 17.0 Å². The summed E-state index contributed by atoms with van der Waals surface area (Å²) in [5.41, 5.74) is 5.39. The maximum absolute atomic E-state index is 5.69. The van der Waals surface area contributed by atoms with Crippen molar-refractivity contribution in [3.63, 3.8) is 0 Å². The molecule has 4 nitrogen and oxygen atoms in total. The third-order valence-corrected chi connectivity index (χ3v) is 1.63. The fourth-order valence-corrected chi connectivity index (χ4v) is 0.956. The van der Waals surface area contributed by atoms with Crippen LogP contribution in [0.1, 0.15) is 0 Å². The quantitative estimate of drug-likeness (QED) is 0.661. The molecule has 0 amide bonds. The minimum Gasteiger partial charge on any atom is -0.382 e. The lowest BCUT2D eigenvalue weighted by Crippen LogP contribution is -2.00. The van der Waals surface area contributed by atoms with Crippen LogP contribution in [-0.2, 0) is 0 Å². The molecule has 60 valence electrons. The largest absolute Gasteiger partial charge is 0.382 e. The summed E-state index contributed by atoms with van der Waals surface area (Å²) in [6, 6.07) is 0. The summed E-state index contributed by atoms with van der Waals surface area (Å²) >= 11 is 11.2. The fraction of sp³-hybridized carbons (Fsp3) is 0.200. The molecule has 0 atom stereocenters. The summed E-state index contributed by atoms with van der Waals surface area (Å²) in [5.74, 6) is 0.611. The van der Waals surface area contributed by atoms with Gasteiger partial charge in [-0.15, -0.1) is 0 Å². The summed E-state index contributed by atoms with van der Waals surface area (Å²) in [5, 5.41) is 3.10. The van der Waals surface area contributed by atoms with Gasteiger partial charge in [0.05, 0.1) is 0 Å². The van der Waals surface area contributed by atoms with Gasteiger partial charge in [0.25, 0.3) is 0 Å². The molecule has 0 spiro atoms. The molecule has 0 unspecified atom stereocenters. The van der Waals surface area contributed by atoms with Crippen LogP contribution in [0.4, 0.5) is 11.6 Å². The van der Waals surface area contributed by atoms with Crippen molar-refractivity contribution in [2.45, 2.75) is 0 Å². The van der Waals surface area contributed by atoms with E-state index < -0.39 is 0 Å². The van der Waals surface area contributed by atoms with Gasteiger partial charge < -0.3 is 11.1 Å². The number of hydrogen-bond acceptors (Lipinski definition) is 4. The van der Waals surface area contributed by atoms with Crippen molar-refractivity contribution in [1.29, 1.82) is 0 Å². The van der Waals surface area contributed by atoms with Crippen molar-refractivity contribution >= 4 is 34.8 Å². The zero-order valence-electron chi connectivity index (χ0n) is 5.73. The van der Waals surface area contributed by atoms with E-state index in [2.05, 4.69) is 15.3 Å². The van der Waals surface area contributed by atoms with Crippen LogP contribution >= 0.6 is 23.2 Å². The first-order chi connectivity index (χ1) is 5.15. The summed E-state index contributed by atoms with van der Waals surface area (Å²) in [4.78, 5) is 7.43. The van der Waals surface area contributed by atoms with Gasteiger partial charge in [0, 0.05) is 7.05 Å². The summed E-state index contributed by atoms with van der Waals surface area (Å²) in [7, 11) is 1.67. The Morgan fingerprint density at radius 3 is 2.55 bits per heavy atom. The smallest absolute Gasteiger partial charge is 0.226 e. The van der Waals surface area contributed by atoms with Crippen molar-refractivity contribution in [1.82, 2.24) is 9.97 Å². The second-order valence-corrected chi connectivity index (χ2v) is 2.51. The summed E-state index contributed by atoms with van der Waals surface area (Å²) in [6.07, 6.45) is 0. The first kappa shape index (κ1) is 8.36. The molecule has 0 aromatic carbocycles. The van der Waals surface area contributed by atoms with E-state index in [0.29, 0.717) is 5.82 Å². The van der Waals surface area contributed by atoms with E-state index >= 15 is 0 Å². The van der Waals surface area contributed by atoms with Gasteiger partial charge in [0.15, 0.2) is 5.82 Å². The highest BCUT2D eigenvalue weighted by Gasteiger charge is 2.06. The van der Waals surface area contributed by atoms with Crippen LogP contribution in [0.2, 0.25) is 10.3 Å². The molecule has 0 radical (unpaired) electrons. The topological polar surface area (TPSA) is 63.8 Å². The molecule has 0 saturated heterocycles. The maximum Gasteiger partial charge on any atom is 0.226 e. The van der Waals surface area contributed by atoms with Crippen LogP contribution in [0.15, 0.2) is 0 Å². The van der Waals surface area contributed by atoms with Gasteiger partial charge in [0.1, 0.15) is 10.8 Å². The number of nitrogens with one attached hydrogen (secondary N) is 1. The molecule has 1 heterocycles. The monoisotopic (exact) mass is 192 g/mol. The Hall–Kier alpha value is -0.740. The molecular formula is C5H6Cl2N4. The lowest BCUT2D eigenvalue weighted by Gasteiger charge is -2.03. The Bertz CT molecular complexity index is 275. The highest BCUT2D eigenvalue weighted by Crippen LogP contribution is 2.25. The Balaban J connectivity index is 3.24. The molecule has 6 heteroatoms. The molecule has 3 N–H and O–H groups in total. The second-order valence-electron chi connectivity index (χ2n) is 1.79.